The standard InChI is InChI=1S/C18H35N3/c1-2-19-18-7-5-3-4-6-17(18)15-21-12-10-20(11-13-21)14-16-8-9-16/h16-19H,2-15H2,1H3. The van der Waals surface area contributed by atoms with E-state index in [2.05, 4.69) is 22.0 Å². The first-order valence-electron chi connectivity index (χ1n) is 9.53. The minimum Gasteiger partial charge on any atom is -0.314 e. The minimum atomic E-state index is 0.780. The Morgan fingerprint density at radius 3 is 2.14 bits per heavy atom. The van der Waals surface area contributed by atoms with Crippen LogP contribution < -0.4 is 5.32 Å². The van der Waals surface area contributed by atoms with Crippen molar-refractivity contribution in [3.8, 4) is 0 Å². The highest BCUT2D eigenvalue weighted by atomic mass is 15.3. The average Bonchev–Trinajstić information content (AvgIpc) is 3.31. The maximum Gasteiger partial charge on any atom is 0.0110 e. The molecule has 0 aromatic rings. The molecule has 21 heavy (non-hydrogen) atoms. The number of nitrogens with zero attached hydrogens (tertiary/aromatic N) is 2. The molecule has 3 nitrogen and oxygen atoms in total. The lowest BCUT2D eigenvalue weighted by Gasteiger charge is -2.38. The van der Waals surface area contributed by atoms with Crippen molar-refractivity contribution >= 4 is 0 Å². The quantitative estimate of drug-likeness (QED) is 0.759. The largest absolute Gasteiger partial charge is 0.314 e. The summed E-state index contributed by atoms with van der Waals surface area (Å²) in [5.74, 6) is 1.94. The highest BCUT2D eigenvalue weighted by molar-refractivity contribution is 4.85. The number of rotatable bonds is 6. The van der Waals surface area contributed by atoms with Crippen LogP contribution in [0.25, 0.3) is 0 Å². The molecule has 3 rings (SSSR count). The smallest absolute Gasteiger partial charge is 0.0110 e. The molecule has 2 atom stereocenters. The van der Waals surface area contributed by atoms with Crippen molar-refractivity contribution in [1.82, 2.24) is 15.1 Å². The Morgan fingerprint density at radius 1 is 0.810 bits per heavy atom. The van der Waals surface area contributed by atoms with Crippen LogP contribution >= 0.6 is 0 Å². The third-order valence-corrected chi connectivity index (χ3v) is 5.80. The van der Waals surface area contributed by atoms with Crippen LogP contribution in [0.1, 0.15) is 51.9 Å². The monoisotopic (exact) mass is 293 g/mol. The highest BCUT2D eigenvalue weighted by Gasteiger charge is 2.29. The lowest BCUT2D eigenvalue weighted by Crippen LogP contribution is -2.50. The summed E-state index contributed by atoms with van der Waals surface area (Å²) in [4.78, 5) is 5.47. The zero-order valence-corrected chi connectivity index (χ0v) is 14.0. The van der Waals surface area contributed by atoms with Crippen molar-refractivity contribution < 1.29 is 0 Å². The summed E-state index contributed by atoms with van der Waals surface area (Å²) in [6.07, 6.45) is 10.2. The molecular formula is C18H35N3. The zero-order valence-electron chi connectivity index (χ0n) is 14.0. The topological polar surface area (TPSA) is 18.5 Å². The molecule has 1 heterocycles. The van der Waals surface area contributed by atoms with Crippen molar-refractivity contribution in [1.29, 1.82) is 0 Å². The Labute approximate surface area is 131 Å². The molecule has 2 aliphatic carbocycles. The summed E-state index contributed by atoms with van der Waals surface area (Å²) in [6.45, 7) is 11.4. The lowest BCUT2D eigenvalue weighted by molar-refractivity contribution is 0.105. The molecule has 0 amide bonds. The Hall–Kier alpha value is -0.120. The van der Waals surface area contributed by atoms with Gasteiger partial charge in [-0.15, -0.1) is 0 Å². The molecule has 2 unspecified atom stereocenters. The van der Waals surface area contributed by atoms with Crippen molar-refractivity contribution in [3.05, 3.63) is 0 Å². The molecule has 0 aromatic carbocycles. The molecule has 0 spiro atoms. The van der Waals surface area contributed by atoms with Crippen LogP contribution in [0.3, 0.4) is 0 Å². The highest BCUT2D eigenvalue weighted by Crippen LogP contribution is 2.30. The lowest BCUT2D eigenvalue weighted by atomic mass is 9.93. The van der Waals surface area contributed by atoms with Gasteiger partial charge in [0.05, 0.1) is 0 Å². The fraction of sp³-hybridized carbons (Fsp3) is 1.00. The Balaban J connectivity index is 1.43. The van der Waals surface area contributed by atoms with E-state index in [1.54, 1.807) is 0 Å². The molecule has 1 saturated heterocycles. The van der Waals surface area contributed by atoms with Gasteiger partial charge in [-0.3, -0.25) is 0 Å². The normalized spacial score (nSPS) is 33.0. The third-order valence-electron chi connectivity index (χ3n) is 5.80. The molecule has 2 saturated carbocycles. The van der Waals surface area contributed by atoms with Crippen LogP contribution in [0.5, 0.6) is 0 Å². The van der Waals surface area contributed by atoms with Gasteiger partial charge >= 0.3 is 0 Å². The molecule has 1 aliphatic heterocycles. The number of hydrogen-bond donors (Lipinski definition) is 1. The predicted molar refractivity (Wildman–Crippen MR) is 89.6 cm³/mol. The van der Waals surface area contributed by atoms with Gasteiger partial charge in [0.15, 0.2) is 0 Å². The van der Waals surface area contributed by atoms with Gasteiger partial charge in [0, 0.05) is 45.3 Å². The first kappa shape index (κ1) is 15.8. The minimum absolute atomic E-state index is 0.780. The SMILES string of the molecule is CCNC1CCCCCC1CN1CCN(CC2CC2)CC1. The number of hydrogen-bond acceptors (Lipinski definition) is 3. The van der Waals surface area contributed by atoms with Gasteiger partial charge in [-0.05, 0) is 44.1 Å². The van der Waals surface area contributed by atoms with Gasteiger partial charge in [-0.2, -0.15) is 0 Å². The van der Waals surface area contributed by atoms with Crippen LogP contribution in [0, 0.1) is 11.8 Å². The van der Waals surface area contributed by atoms with Crippen LogP contribution in [0.15, 0.2) is 0 Å². The van der Waals surface area contributed by atoms with Crippen LogP contribution in [0.2, 0.25) is 0 Å². The molecule has 1 N–H and O–H groups in total. The first-order chi connectivity index (χ1) is 10.3. The third kappa shape index (κ3) is 4.94. The second-order valence-corrected chi connectivity index (χ2v) is 7.61. The van der Waals surface area contributed by atoms with Gasteiger partial charge < -0.3 is 15.1 Å². The molecule has 3 heteroatoms. The molecule has 0 aromatic heterocycles. The average molecular weight is 293 g/mol. The number of nitrogens with one attached hydrogen (secondary N) is 1. The van der Waals surface area contributed by atoms with Crippen molar-refractivity contribution in [3.63, 3.8) is 0 Å². The van der Waals surface area contributed by atoms with E-state index in [1.165, 1.54) is 84.2 Å². The van der Waals surface area contributed by atoms with E-state index in [-0.39, 0.29) is 0 Å². The van der Waals surface area contributed by atoms with Gasteiger partial charge in [-0.1, -0.05) is 26.2 Å². The van der Waals surface area contributed by atoms with E-state index in [1.807, 2.05) is 0 Å². The van der Waals surface area contributed by atoms with Crippen molar-refractivity contribution in [2.24, 2.45) is 11.8 Å². The number of piperazine rings is 1. The summed E-state index contributed by atoms with van der Waals surface area (Å²) in [5.41, 5.74) is 0. The van der Waals surface area contributed by atoms with E-state index < -0.39 is 0 Å². The van der Waals surface area contributed by atoms with E-state index in [4.69, 9.17) is 0 Å². The Bertz CT molecular complexity index is 295. The summed E-state index contributed by atoms with van der Waals surface area (Å²) in [5, 5.41) is 3.77. The summed E-state index contributed by atoms with van der Waals surface area (Å²) in [6, 6.07) is 0.780. The second kappa shape index (κ2) is 7.94. The van der Waals surface area contributed by atoms with Crippen LogP contribution in [-0.2, 0) is 0 Å². The van der Waals surface area contributed by atoms with Gasteiger partial charge in [0.1, 0.15) is 0 Å². The molecule has 122 valence electrons. The molecular weight excluding hydrogens is 258 g/mol. The summed E-state index contributed by atoms with van der Waals surface area (Å²) < 4.78 is 0. The Kier molecular flexibility index (Phi) is 5.96. The molecule has 0 radical (unpaired) electrons. The van der Waals surface area contributed by atoms with Crippen molar-refractivity contribution in [2.45, 2.75) is 57.9 Å². The molecule has 3 aliphatic rings. The summed E-state index contributed by atoms with van der Waals surface area (Å²) in [7, 11) is 0. The van der Waals surface area contributed by atoms with E-state index >= 15 is 0 Å². The van der Waals surface area contributed by atoms with Gasteiger partial charge in [0.2, 0.25) is 0 Å². The van der Waals surface area contributed by atoms with Gasteiger partial charge in [-0.25, -0.2) is 0 Å². The molecule has 0 bridgehead atoms. The fourth-order valence-electron chi connectivity index (χ4n) is 4.29. The maximum absolute atomic E-state index is 3.77. The fourth-order valence-corrected chi connectivity index (χ4v) is 4.29. The second-order valence-electron chi connectivity index (χ2n) is 7.61. The summed E-state index contributed by atoms with van der Waals surface area (Å²) >= 11 is 0. The van der Waals surface area contributed by atoms with Crippen LogP contribution in [0.4, 0.5) is 0 Å². The first-order valence-corrected chi connectivity index (χ1v) is 9.53. The van der Waals surface area contributed by atoms with E-state index in [9.17, 15) is 0 Å². The maximum atomic E-state index is 3.77. The Morgan fingerprint density at radius 2 is 1.48 bits per heavy atom. The van der Waals surface area contributed by atoms with Crippen LogP contribution in [-0.4, -0.2) is 61.7 Å². The van der Waals surface area contributed by atoms with E-state index in [0.717, 1.165) is 24.4 Å². The van der Waals surface area contributed by atoms with E-state index in [0.29, 0.717) is 0 Å². The van der Waals surface area contributed by atoms with Gasteiger partial charge in [0.25, 0.3) is 0 Å². The zero-order chi connectivity index (χ0) is 14.5. The van der Waals surface area contributed by atoms with Crippen molar-refractivity contribution in [2.75, 3.05) is 45.8 Å². The predicted octanol–water partition coefficient (Wildman–Crippen LogP) is 2.57. The molecule has 3 fully saturated rings.